The fourth-order valence-electron chi connectivity index (χ4n) is 3.16. The number of rotatable bonds is 6. The van der Waals surface area contributed by atoms with E-state index in [0.717, 1.165) is 34.7 Å². The van der Waals surface area contributed by atoms with Crippen LogP contribution in [-0.4, -0.2) is 24.9 Å². The van der Waals surface area contributed by atoms with Gasteiger partial charge < -0.3 is 9.75 Å². The van der Waals surface area contributed by atoms with Crippen molar-refractivity contribution >= 4 is 35.1 Å². The molecule has 0 amide bonds. The second-order valence-corrected chi connectivity index (χ2v) is 7.41. The molecule has 7 heteroatoms. The van der Waals surface area contributed by atoms with Gasteiger partial charge in [0.15, 0.2) is 0 Å². The molecule has 1 atom stereocenters. The van der Waals surface area contributed by atoms with E-state index >= 15 is 0 Å². The molecular formula is C21H24Cl2N4O. The van der Waals surface area contributed by atoms with Crippen LogP contribution in [0.2, 0.25) is 10.0 Å². The summed E-state index contributed by atoms with van der Waals surface area (Å²) >= 11 is 12.4. The molecule has 0 bridgehead atoms. The Kier molecular flexibility index (Phi) is 6.83. The Bertz CT molecular complexity index is 877. The molecule has 2 aromatic rings. The largest absolute Gasteiger partial charge is 0.493 e. The van der Waals surface area contributed by atoms with Crippen molar-refractivity contribution in [1.82, 2.24) is 15.9 Å². The number of nitrogens with one attached hydrogen (secondary N) is 2. The minimum atomic E-state index is 0.156. The van der Waals surface area contributed by atoms with Crippen LogP contribution >= 0.6 is 23.2 Å². The quantitative estimate of drug-likeness (QED) is 0.497. The van der Waals surface area contributed by atoms with Crippen LogP contribution in [0.5, 0.6) is 5.75 Å². The Morgan fingerprint density at radius 3 is 2.64 bits per heavy atom. The van der Waals surface area contributed by atoms with Crippen LogP contribution in [0.15, 0.2) is 53.3 Å². The third-order valence-electron chi connectivity index (χ3n) is 4.63. The monoisotopic (exact) mass is 418 g/mol. The number of ether oxygens (including phenoxy) is 1. The van der Waals surface area contributed by atoms with E-state index in [-0.39, 0.29) is 6.04 Å². The number of fused-ring (bicyclic) bond motifs is 1. The van der Waals surface area contributed by atoms with E-state index in [1.165, 1.54) is 0 Å². The van der Waals surface area contributed by atoms with Crippen molar-refractivity contribution in [3.05, 3.63) is 69.3 Å². The number of hydrazone groups is 1. The van der Waals surface area contributed by atoms with Gasteiger partial charge in [-0.15, -0.1) is 0 Å². The Morgan fingerprint density at radius 1 is 1.21 bits per heavy atom. The normalized spacial score (nSPS) is 17.0. The zero-order valence-electron chi connectivity index (χ0n) is 16.2. The van der Waals surface area contributed by atoms with E-state index in [1.54, 1.807) is 12.3 Å². The van der Waals surface area contributed by atoms with Gasteiger partial charge in [0.1, 0.15) is 5.75 Å². The summed E-state index contributed by atoms with van der Waals surface area (Å²) in [4.78, 5) is 0. The van der Waals surface area contributed by atoms with Crippen LogP contribution in [-0.2, 0) is 0 Å². The molecule has 0 unspecified atom stereocenters. The Morgan fingerprint density at radius 2 is 1.93 bits per heavy atom. The van der Waals surface area contributed by atoms with Crippen LogP contribution in [0.3, 0.4) is 0 Å². The summed E-state index contributed by atoms with van der Waals surface area (Å²) in [5.74, 6) is 0.928. The van der Waals surface area contributed by atoms with Crippen molar-refractivity contribution in [2.45, 2.75) is 26.3 Å². The summed E-state index contributed by atoms with van der Waals surface area (Å²) in [7, 11) is 1.98. The van der Waals surface area contributed by atoms with Crippen molar-refractivity contribution in [1.29, 1.82) is 0 Å². The minimum Gasteiger partial charge on any atom is -0.493 e. The fourth-order valence-corrected chi connectivity index (χ4v) is 3.68. The van der Waals surface area contributed by atoms with E-state index in [1.807, 2.05) is 56.2 Å². The molecule has 0 spiro atoms. The van der Waals surface area contributed by atoms with Gasteiger partial charge in [-0.2, -0.15) is 5.10 Å². The highest BCUT2D eigenvalue weighted by Crippen LogP contribution is 2.32. The number of benzene rings is 2. The topological polar surface area (TPSA) is 48.9 Å². The summed E-state index contributed by atoms with van der Waals surface area (Å²) in [5.41, 5.74) is 10.5. The van der Waals surface area contributed by atoms with Crippen LogP contribution in [0, 0.1) is 0 Å². The summed E-state index contributed by atoms with van der Waals surface area (Å²) < 4.78 is 5.76. The second-order valence-electron chi connectivity index (χ2n) is 6.53. The smallest absolute Gasteiger partial charge is 0.124 e. The number of nitrogens with zero attached hydrogens (tertiary/aromatic N) is 2. The number of allylic oxidation sites excluding steroid dienone is 1. The van der Waals surface area contributed by atoms with E-state index < -0.39 is 0 Å². The van der Waals surface area contributed by atoms with Crippen molar-refractivity contribution in [2.75, 3.05) is 13.7 Å². The highest BCUT2D eigenvalue weighted by molar-refractivity contribution is 6.34. The summed E-state index contributed by atoms with van der Waals surface area (Å²) in [6, 6.07) is 13.7. The van der Waals surface area contributed by atoms with E-state index in [2.05, 4.69) is 22.0 Å². The van der Waals surface area contributed by atoms with Gasteiger partial charge in [-0.1, -0.05) is 41.4 Å². The molecule has 28 heavy (non-hydrogen) atoms. The second kappa shape index (κ2) is 9.32. The third kappa shape index (κ3) is 4.79. The van der Waals surface area contributed by atoms with E-state index in [4.69, 9.17) is 27.9 Å². The van der Waals surface area contributed by atoms with Crippen molar-refractivity contribution in [3.8, 4) is 5.75 Å². The average molecular weight is 419 g/mol. The SMILES string of the molecule is C/C=N\N/C(=C(/C)N(C)N[C@H]1CCOc2ccccc21)c1cc(Cl)cc(Cl)c1. The molecule has 0 radical (unpaired) electrons. The number of halogens is 2. The van der Waals surface area contributed by atoms with Gasteiger partial charge in [0.05, 0.1) is 24.0 Å². The van der Waals surface area contributed by atoms with Gasteiger partial charge in [0.2, 0.25) is 0 Å². The lowest BCUT2D eigenvalue weighted by Crippen LogP contribution is -2.39. The molecule has 2 N–H and O–H groups in total. The fraction of sp³-hybridized carbons (Fsp3) is 0.286. The van der Waals surface area contributed by atoms with Crippen LogP contribution < -0.4 is 15.6 Å². The average Bonchev–Trinajstić information content (AvgIpc) is 2.67. The maximum Gasteiger partial charge on any atom is 0.124 e. The molecule has 0 aliphatic carbocycles. The predicted molar refractivity (Wildman–Crippen MR) is 117 cm³/mol. The lowest BCUT2D eigenvalue weighted by molar-refractivity contribution is 0.189. The summed E-state index contributed by atoms with van der Waals surface area (Å²) in [6.45, 7) is 4.55. The van der Waals surface area contributed by atoms with Gasteiger partial charge in [0.25, 0.3) is 0 Å². The number of hydrogen-bond acceptors (Lipinski definition) is 5. The van der Waals surface area contributed by atoms with Crippen molar-refractivity contribution in [2.24, 2.45) is 5.10 Å². The van der Waals surface area contributed by atoms with Crippen molar-refractivity contribution < 1.29 is 4.74 Å². The predicted octanol–water partition coefficient (Wildman–Crippen LogP) is 5.24. The summed E-state index contributed by atoms with van der Waals surface area (Å²) in [5, 5.41) is 7.34. The maximum atomic E-state index is 6.21. The third-order valence-corrected chi connectivity index (χ3v) is 5.07. The lowest BCUT2D eigenvalue weighted by Gasteiger charge is -2.32. The lowest BCUT2D eigenvalue weighted by atomic mass is 10.0. The Balaban J connectivity index is 1.90. The van der Waals surface area contributed by atoms with Crippen LogP contribution in [0.25, 0.3) is 5.70 Å². The minimum absolute atomic E-state index is 0.156. The van der Waals surface area contributed by atoms with Gasteiger partial charge in [0, 0.05) is 40.9 Å². The molecule has 1 heterocycles. The standard InChI is InChI=1S/C21H24Cl2N4O/c1-4-24-25-21(15-11-16(22)13-17(23)12-15)14(2)27(3)26-19-9-10-28-20-8-6-5-7-18(19)20/h4-8,11-13,19,25-26H,9-10H2,1-3H3/b21-14-,24-4-/t19-/m0/s1. The molecule has 0 fully saturated rings. The molecule has 148 valence electrons. The van der Waals surface area contributed by atoms with Gasteiger partial charge in [-0.3, -0.25) is 5.43 Å². The number of para-hydroxylation sites is 1. The van der Waals surface area contributed by atoms with Crippen LogP contribution in [0.1, 0.15) is 37.4 Å². The van der Waals surface area contributed by atoms with Gasteiger partial charge in [-0.05, 0) is 38.1 Å². The zero-order valence-corrected chi connectivity index (χ0v) is 17.7. The zero-order chi connectivity index (χ0) is 20.1. The number of hydrogen-bond donors (Lipinski definition) is 2. The Hall–Kier alpha value is -2.21. The molecule has 1 aliphatic heterocycles. The molecule has 3 rings (SSSR count). The number of hydrazine groups is 1. The molecule has 1 aliphatic rings. The summed E-state index contributed by atoms with van der Waals surface area (Å²) in [6.07, 6.45) is 2.58. The Labute approximate surface area is 175 Å². The van der Waals surface area contributed by atoms with Crippen LogP contribution in [0.4, 0.5) is 0 Å². The first-order chi connectivity index (χ1) is 13.5. The van der Waals surface area contributed by atoms with Gasteiger partial charge >= 0.3 is 0 Å². The molecule has 2 aromatic carbocycles. The molecular weight excluding hydrogens is 395 g/mol. The highest BCUT2D eigenvalue weighted by atomic mass is 35.5. The van der Waals surface area contributed by atoms with Crippen molar-refractivity contribution in [3.63, 3.8) is 0 Å². The first-order valence-electron chi connectivity index (χ1n) is 9.12. The highest BCUT2D eigenvalue weighted by Gasteiger charge is 2.23. The van der Waals surface area contributed by atoms with Gasteiger partial charge in [-0.25, -0.2) is 5.43 Å². The molecule has 0 saturated carbocycles. The molecule has 5 nitrogen and oxygen atoms in total. The molecule has 0 aromatic heterocycles. The van der Waals surface area contributed by atoms with E-state index in [0.29, 0.717) is 16.7 Å². The maximum absolute atomic E-state index is 6.21. The first-order valence-corrected chi connectivity index (χ1v) is 9.88. The first kappa shape index (κ1) is 20.5. The van der Waals surface area contributed by atoms with E-state index in [9.17, 15) is 0 Å². The molecule has 0 saturated heterocycles.